The summed E-state index contributed by atoms with van der Waals surface area (Å²) in [6.07, 6.45) is 4.58. The Bertz CT molecular complexity index is 79.0. The molecule has 0 saturated carbocycles. The summed E-state index contributed by atoms with van der Waals surface area (Å²) in [7, 11) is 0. The van der Waals surface area contributed by atoms with Crippen molar-refractivity contribution < 1.29 is 0 Å². The maximum absolute atomic E-state index is 2.82. The van der Waals surface area contributed by atoms with E-state index in [2.05, 4.69) is 24.1 Å². The smallest absolute Gasteiger partial charge is 0.247 e. The predicted molar refractivity (Wildman–Crippen MR) is 26.5 cm³/mol. The molecule has 0 spiro atoms. The summed E-state index contributed by atoms with van der Waals surface area (Å²) in [6.45, 7) is 3.01. The van der Waals surface area contributed by atoms with Gasteiger partial charge in [-0.25, -0.2) is 5.01 Å². The first kappa shape index (κ1) is 4.37. The van der Waals surface area contributed by atoms with Crippen LogP contribution in [-0.4, -0.2) is 11.6 Å². The van der Waals surface area contributed by atoms with Crippen molar-refractivity contribution in [3.63, 3.8) is 0 Å². The molecule has 0 fully saturated rings. The van der Waals surface area contributed by atoms with Gasteiger partial charge in [-0.2, -0.15) is 0 Å². The van der Waals surface area contributed by atoms with Crippen molar-refractivity contribution in [1.82, 2.24) is 16.0 Å². The van der Waals surface area contributed by atoms with E-state index in [1.165, 1.54) is 0 Å². The first-order chi connectivity index (χ1) is 3.43. The van der Waals surface area contributed by atoms with Crippen LogP contribution in [0.4, 0.5) is 0 Å². The lowest BCUT2D eigenvalue weighted by atomic mass is 10.7. The van der Waals surface area contributed by atoms with Crippen LogP contribution in [0.2, 0.25) is 0 Å². The summed E-state index contributed by atoms with van der Waals surface area (Å²) in [4.78, 5) is 0. The van der Waals surface area contributed by atoms with E-state index in [-0.39, 0.29) is 0 Å². The van der Waals surface area contributed by atoms with E-state index in [4.69, 9.17) is 0 Å². The van der Waals surface area contributed by atoms with Crippen LogP contribution in [0.15, 0.2) is 6.20 Å². The second-order valence-corrected chi connectivity index (χ2v) is 1.30. The van der Waals surface area contributed by atoms with Crippen molar-refractivity contribution in [2.24, 2.45) is 0 Å². The highest BCUT2D eigenvalue weighted by atomic mass is 15.7. The van der Waals surface area contributed by atoms with Gasteiger partial charge < -0.3 is 0 Å². The Balaban J connectivity index is 2.28. The Hall–Kier alpha value is -0.790. The Labute approximate surface area is 42.9 Å². The van der Waals surface area contributed by atoms with Gasteiger partial charge in [-0.05, 0) is 6.92 Å². The maximum atomic E-state index is 2.82. The van der Waals surface area contributed by atoms with Crippen molar-refractivity contribution in [2.75, 3.05) is 6.54 Å². The number of hydrogen-bond donors (Lipinski definition) is 2. The minimum atomic E-state index is 0.958. The van der Waals surface area contributed by atoms with Crippen LogP contribution in [0.25, 0.3) is 0 Å². The molecule has 0 atom stereocenters. The summed E-state index contributed by atoms with van der Waals surface area (Å²) in [5.74, 6) is 0. The third kappa shape index (κ3) is 0.796. The largest absolute Gasteiger partial charge is 0.406 e. The molecule has 0 aromatic heterocycles. The van der Waals surface area contributed by atoms with E-state index in [9.17, 15) is 0 Å². The SMILES string of the molecule is CCN1C=[C+]NN1. The second kappa shape index (κ2) is 1.78. The normalized spacial score (nSPS) is 16.4. The van der Waals surface area contributed by atoms with Crippen LogP contribution in [0.5, 0.6) is 0 Å². The van der Waals surface area contributed by atoms with E-state index in [0.29, 0.717) is 0 Å². The molecule has 3 heteroatoms. The minimum Gasteiger partial charge on any atom is -0.247 e. The van der Waals surface area contributed by atoms with Gasteiger partial charge in [0, 0.05) is 6.54 Å². The highest BCUT2D eigenvalue weighted by molar-refractivity contribution is 4.73. The van der Waals surface area contributed by atoms with Crippen LogP contribution in [0.1, 0.15) is 6.92 Å². The quantitative estimate of drug-likeness (QED) is 0.437. The van der Waals surface area contributed by atoms with Gasteiger partial charge in [0.15, 0.2) is 0 Å². The van der Waals surface area contributed by atoms with Crippen molar-refractivity contribution >= 4 is 0 Å². The minimum absolute atomic E-state index is 0.958. The first-order valence-electron chi connectivity index (χ1n) is 2.29. The van der Waals surface area contributed by atoms with E-state index in [1.54, 1.807) is 0 Å². The van der Waals surface area contributed by atoms with Gasteiger partial charge in [0.2, 0.25) is 0 Å². The summed E-state index contributed by atoms with van der Waals surface area (Å²) >= 11 is 0. The van der Waals surface area contributed by atoms with E-state index >= 15 is 0 Å². The molecule has 0 aromatic carbocycles. The lowest BCUT2D eigenvalue weighted by molar-refractivity contribution is 0.285. The number of rotatable bonds is 1. The summed E-state index contributed by atoms with van der Waals surface area (Å²) in [5.41, 5.74) is 5.52. The zero-order chi connectivity index (χ0) is 5.11. The van der Waals surface area contributed by atoms with Gasteiger partial charge >= 0.3 is 6.20 Å². The van der Waals surface area contributed by atoms with Gasteiger partial charge in [0.25, 0.3) is 6.20 Å². The number of nitrogens with zero attached hydrogens (tertiary/aromatic N) is 1. The third-order valence-electron chi connectivity index (χ3n) is 0.833. The second-order valence-electron chi connectivity index (χ2n) is 1.30. The number of hydrogen-bond acceptors (Lipinski definition) is 3. The molecule has 0 aliphatic carbocycles. The summed E-state index contributed by atoms with van der Waals surface area (Å²) < 4.78 is 0. The molecule has 0 amide bonds. The molecule has 3 nitrogen and oxygen atoms in total. The Morgan fingerprint density at radius 2 is 2.71 bits per heavy atom. The molecular weight excluding hydrogens is 90.1 g/mol. The average molecular weight is 98.1 g/mol. The predicted octanol–water partition coefficient (Wildman–Crippen LogP) is -0.395. The molecule has 0 aromatic rings. The molecule has 7 heavy (non-hydrogen) atoms. The van der Waals surface area contributed by atoms with Crippen molar-refractivity contribution in [1.29, 1.82) is 0 Å². The monoisotopic (exact) mass is 98.1 g/mol. The lowest BCUT2D eigenvalue weighted by Crippen LogP contribution is -2.35. The average Bonchev–Trinajstić information content (AvgIpc) is 2.14. The fraction of sp³-hybridized carbons (Fsp3) is 0.500. The van der Waals surface area contributed by atoms with Crippen molar-refractivity contribution in [2.45, 2.75) is 6.92 Å². The molecule has 1 aliphatic heterocycles. The van der Waals surface area contributed by atoms with Crippen LogP contribution in [0, 0.1) is 6.20 Å². The topological polar surface area (TPSA) is 27.3 Å². The standard InChI is InChI=1S/C4H8N3/c1-2-7-4-3-5-6-7/h4-6H,2H2,1H3/q+1. The highest BCUT2D eigenvalue weighted by Gasteiger charge is 2.08. The van der Waals surface area contributed by atoms with Crippen LogP contribution in [0.3, 0.4) is 0 Å². The Kier molecular flexibility index (Phi) is 1.11. The summed E-state index contributed by atoms with van der Waals surface area (Å²) in [6, 6.07) is 0. The van der Waals surface area contributed by atoms with Gasteiger partial charge in [-0.1, -0.05) is 5.43 Å². The molecule has 0 saturated heterocycles. The highest BCUT2D eigenvalue weighted by Crippen LogP contribution is 1.83. The Morgan fingerprint density at radius 3 is 3.00 bits per heavy atom. The zero-order valence-corrected chi connectivity index (χ0v) is 4.23. The van der Waals surface area contributed by atoms with Gasteiger partial charge in [-0.3, -0.25) is 0 Å². The fourth-order valence-corrected chi connectivity index (χ4v) is 0.417. The molecule has 1 aliphatic rings. The first-order valence-corrected chi connectivity index (χ1v) is 2.29. The summed E-state index contributed by atoms with van der Waals surface area (Å²) in [5, 5.41) is 1.89. The molecular formula is C4H8N3+. The number of nitrogens with one attached hydrogen (secondary N) is 2. The van der Waals surface area contributed by atoms with Gasteiger partial charge in [0.1, 0.15) is 0 Å². The zero-order valence-electron chi connectivity index (χ0n) is 4.23. The lowest BCUT2D eigenvalue weighted by Gasteiger charge is -2.03. The molecule has 1 rings (SSSR count). The van der Waals surface area contributed by atoms with Crippen molar-refractivity contribution in [3.05, 3.63) is 12.4 Å². The molecule has 2 N–H and O–H groups in total. The van der Waals surface area contributed by atoms with E-state index in [1.807, 2.05) is 11.2 Å². The number of hydrazine groups is 2. The molecule has 0 bridgehead atoms. The van der Waals surface area contributed by atoms with Crippen LogP contribution >= 0.6 is 0 Å². The van der Waals surface area contributed by atoms with Crippen molar-refractivity contribution in [3.8, 4) is 0 Å². The van der Waals surface area contributed by atoms with E-state index < -0.39 is 0 Å². The molecule has 0 unspecified atom stereocenters. The molecule has 1 heterocycles. The molecule has 0 radical (unpaired) electrons. The molecule has 38 valence electrons. The van der Waals surface area contributed by atoms with E-state index in [0.717, 1.165) is 6.54 Å². The third-order valence-corrected chi connectivity index (χ3v) is 0.833. The van der Waals surface area contributed by atoms with Crippen LogP contribution < -0.4 is 11.0 Å². The maximum Gasteiger partial charge on any atom is 0.406 e. The van der Waals surface area contributed by atoms with Gasteiger partial charge in [0.05, 0.1) is 0 Å². The Morgan fingerprint density at radius 1 is 1.86 bits per heavy atom. The fourth-order valence-electron chi connectivity index (χ4n) is 0.417. The van der Waals surface area contributed by atoms with Gasteiger partial charge in [-0.15, -0.1) is 5.53 Å². The van der Waals surface area contributed by atoms with Crippen LogP contribution in [-0.2, 0) is 0 Å².